The molecule has 0 saturated heterocycles. The van der Waals surface area contributed by atoms with E-state index in [-0.39, 0.29) is 12.1 Å². The Morgan fingerprint density at radius 2 is 1.95 bits per heavy atom. The summed E-state index contributed by atoms with van der Waals surface area (Å²) in [6.07, 6.45) is -5.03. The first-order valence-electron chi connectivity index (χ1n) is 5.28. The number of rotatable bonds is 5. The lowest BCUT2D eigenvalue weighted by Crippen LogP contribution is -2.34. The van der Waals surface area contributed by atoms with Crippen LogP contribution < -0.4 is 15.8 Å². The van der Waals surface area contributed by atoms with E-state index in [4.69, 9.17) is 5.73 Å². The van der Waals surface area contributed by atoms with Crippen LogP contribution in [0.3, 0.4) is 0 Å². The van der Waals surface area contributed by atoms with E-state index in [9.17, 15) is 27.2 Å². The molecule has 1 amide bonds. The topological polar surface area (TPSA) is 81.4 Å². The lowest BCUT2D eigenvalue weighted by molar-refractivity contribution is -0.275. The fraction of sp³-hybridized carbons (Fsp3) is 0.273. The van der Waals surface area contributed by atoms with Crippen LogP contribution in [0.1, 0.15) is 5.56 Å². The second-order valence-corrected chi connectivity index (χ2v) is 3.62. The molecule has 1 aromatic rings. The summed E-state index contributed by atoms with van der Waals surface area (Å²) >= 11 is 0. The summed E-state index contributed by atoms with van der Waals surface area (Å²) in [6.45, 7) is -0.753. The molecule has 9 heteroatoms. The van der Waals surface area contributed by atoms with Gasteiger partial charge in [-0.25, -0.2) is 4.39 Å². The maximum absolute atomic E-state index is 13.1. The Hall–Kier alpha value is -2.16. The second kappa shape index (κ2) is 6.33. The van der Waals surface area contributed by atoms with Gasteiger partial charge in [-0.15, -0.1) is 13.2 Å². The number of ketones is 1. The summed E-state index contributed by atoms with van der Waals surface area (Å²) in [5.41, 5.74) is 5.08. The van der Waals surface area contributed by atoms with Gasteiger partial charge in [0, 0.05) is 6.54 Å². The molecule has 0 fully saturated rings. The predicted molar refractivity (Wildman–Crippen MR) is 59.0 cm³/mol. The van der Waals surface area contributed by atoms with E-state index in [0.717, 1.165) is 18.2 Å². The SMILES string of the molecule is NCC(=O)C(=O)NCc1ccc(F)c(OC(F)(F)F)c1. The van der Waals surface area contributed by atoms with Crippen molar-refractivity contribution >= 4 is 11.7 Å². The number of halogens is 4. The molecular formula is C11H10F4N2O3. The Morgan fingerprint density at radius 3 is 2.50 bits per heavy atom. The molecule has 0 aliphatic carbocycles. The quantitative estimate of drug-likeness (QED) is 0.623. The second-order valence-electron chi connectivity index (χ2n) is 3.62. The number of carbonyl (C=O) groups excluding carboxylic acids is 2. The third-order valence-electron chi connectivity index (χ3n) is 2.11. The molecule has 0 bridgehead atoms. The number of nitrogens with one attached hydrogen (secondary N) is 1. The molecule has 5 nitrogen and oxygen atoms in total. The van der Waals surface area contributed by atoms with Gasteiger partial charge in [-0.1, -0.05) is 6.07 Å². The van der Waals surface area contributed by atoms with E-state index in [1.165, 1.54) is 0 Å². The number of benzene rings is 1. The number of carbonyl (C=O) groups is 2. The normalized spacial score (nSPS) is 11.1. The number of Topliss-reactive ketones (excluding diaryl/α,β-unsaturated/α-hetero) is 1. The van der Waals surface area contributed by atoms with Gasteiger partial charge in [0.05, 0.1) is 6.54 Å². The molecule has 0 aliphatic heterocycles. The van der Waals surface area contributed by atoms with Gasteiger partial charge >= 0.3 is 6.36 Å². The number of ether oxygens (including phenoxy) is 1. The van der Waals surface area contributed by atoms with E-state index < -0.39 is 36.2 Å². The van der Waals surface area contributed by atoms with Crippen LogP contribution in [0.25, 0.3) is 0 Å². The van der Waals surface area contributed by atoms with Crippen molar-refractivity contribution in [1.82, 2.24) is 5.32 Å². The van der Waals surface area contributed by atoms with Crippen LogP contribution in [-0.4, -0.2) is 24.6 Å². The van der Waals surface area contributed by atoms with E-state index in [1.54, 1.807) is 0 Å². The number of amides is 1. The fourth-order valence-corrected chi connectivity index (χ4v) is 1.23. The number of hydrogen-bond donors (Lipinski definition) is 2. The molecule has 20 heavy (non-hydrogen) atoms. The van der Waals surface area contributed by atoms with Crippen LogP contribution >= 0.6 is 0 Å². The highest BCUT2D eigenvalue weighted by Gasteiger charge is 2.32. The first-order valence-corrected chi connectivity index (χ1v) is 5.28. The Bertz CT molecular complexity index is 517. The summed E-state index contributed by atoms with van der Waals surface area (Å²) in [6, 6.07) is 2.68. The van der Waals surface area contributed by atoms with Gasteiger partial charge in [0.1, 0.15) is 0 Å². The van der Waals surface area contributed by atoms with Crippen molar-refractivity contribution in [2.75, 3.05) is 6.54 Å². The van der Waals surface area contributed by atoms with E-state index in [2.05, 4.69) is 10.1 Å². The lowest BCUT2D eigenvalue weighted by Gasteiger charge is -2.11. The minimum atomic E-state index is -5.03. The van der Waals surface area contributed by atoms with Crippen molar-refractivity contribution in [2.24, 2.45) is 5.73 Å². The van der Waals surface area contributed by atoms with E-state index in [1.807, 2.05) is 0 Å². The molecule has 0 aromatic heterocycles. The molecule has 110 valence electrons. The molecular weight excluding hydrogens is 284 g/mol. The largest absolute Gasteiger partial charge is 0.573 e. The maximum atomic E-state index is 13.1. The van der Waals surface area contributed by atoms with Crippen molar-refractivity contribution in [3.63, 3.8) is 0 Å². The molecule has 0 aliphatic rings. The standard InChI is InChI=1S/C11H10F4N2O3/c12-7-2-1-6(3-9(7)20-11(13,14)15)5-17-10(19)8(18)4-16/h1-3H,4-5,16H2,(H,17,19). The van der Waals surface area contributed by atoms with Gasteiger partial charge in [-0.2, -0.15) is 0 Å². The Morgan fingerprint density at radius 1 is 1.30 bits per heavy atom. The average molecular weight is 294 g/mol. The van der Waals surface area contributed by atoms with Gasteiger partial charge in [0.25, 0.3) is 5.91 Å². The Labute approximate surface area is 110 Å². The summed E-state index contributed by atoms with van der Waals surface area (Å²) < 4.78 is 52.6. The minimum absolute atomic E-state index is 0.129. The van der Waals surface area contributed by atoms with Gasteiger partial charge in [0.15, 0.2) is 11.6 Å². The highest BCUT2D eigenvalue weighted by molar-refractivity contribution is 6.36. The number of alkyl halides is 3. The number of nitrogens with two attached hydrogens (primary N) is 1. The van der Waals surface area contributed by atoms with Crippen LogP contribution in [0, 0.1) is 5.82 Å². The first-order chi connectivity index (χ1) is 9.23. The van der Waals surface area contributed by atoms with Crippen LogP contribution in [0.5, 0.6) is 5.75 Å². The van der Waals surface area contributed by atoms with Crippen LogP contribution in [0.4, 0.5) is 17.6 Å². The highest BCUT2D eigenvalue weighted by atomic mass is 19.4. The predicted octanol–water partition coefficient (Wildman–Crippen LogP) is 0.868. The summed E-state index contributed by atoms with van der Waals surface area (Å²) in [4.78, 5) is 22.0. The van der Waals surface area contributed by atoms with Crippen LogP contribution in [0.15, 0.2) is 18.2 Å². The lowest BCUT2D eigenvalue weighted by atomic mass is 10.2. The number of hydrogen-bond acceptors (Lipinski definition) is 4. The smallest absolute Gasteiger partial charge is 0.403 e. The van der Waals surface area contributed by atoms with E-state index >= 15 is 0 Å². The fourth-order valence-electron chi connectivity index (χ4n) is 1.23. The van der Waals surface area contributed by atoms with Gasteiger partial charge in [-0.05, 0) is 17.7 Å². The van der Waals surface area contributed by atoms with Crippen molar-refractivity contribution in [2.45, 2.75) is 12.9 Å². The summed E-state index contributed by atoms with van der Waals surface area (Å²) in [5, 5.41) is 2.13. The van der Waals surface area contributed by atoms with E-state index in [0.29, 0.717) is 0 Å². The molecule has 0 spiro atoms. The molecule has 0 heterocycles. The van der Waals surface area contributed by atoms with Crippen molar-refractivity contribution in [3.8, 4) is 5.75 Å². The Balaban J connectivity index is 2.75. The zero-order valence-corrected chi connectivity index (χ0v) is 9.96. The van der Waals surface area contributed by atoms with Crippen molar-refractivity contribution < 1.29 is 31.9 Å². The molecule has 0 saturated carbocycles. The van der Waals surface area contributed by atoms with Gasteiger partial charge < -0.3 is 15.8 Å². The van der Waals surface area contributed by atoms with Crippen molar-refractivity contribution in [1.29, 1.82) is 0 Å². The molecule has 0 unspecified atom stereocenters. The minimum Gasteiger partial charge on any atom is -0.403 e. The third-order valence-corrected chi connectivity index (χ3v) is 2.11. The van der Waals surface area contributed by atoms with Gasteiger partial charge in [-0.3, -0.25) is 9.59 Å². The Kier molecular flexibility index (Phi) is 5.03. The monoisotopic (exact) mass is 294 g/mol. The highest BCUT2D eigenvalue weighted by Crippen LogP contribution is 2.26. The molecule has 3 N–H and O–H groups in total. The first kappa shape index (κ1) is 15.9. The van der Waals surface area contributed by atoms with Gasteiger partial charge in [0.2, 0.25) is 5.78 Å². The van der Waals surface area contributed by atoms with Crippen LogP contribution in [-0.2, 0) is 16.1 Å². The molecule has 0 radical (unpaired) electrons. The molecule has 0 atom stereocenters. The zero-order valence-electron chi connectivity index (χ0n) is 9.96. The third kappa shape index (κ3) is 4.84. The molecule has 1 aromatic carbocycles. The zero-order chi connectivity index (χ0) is 15.3. The summed E-state index contributed by atoms with van der Waals surface area (Å²) in [7, 11) is 0. The molecule has 1 rings (SSSR count). The summed E-state index contributed by atoms with van der Waals surface area (Å²) in [5.74, 6) is -4.07. The maximum Gasteiger partial charge on any atom is 0.573 e. The average Bonchev–Trinajstić information content (AvgIpc) is 2.36. The van der Waals surface area contributed by atoms with Crippen molar-refractivity contribution in [3.05, 3.63) is 29.6 Å². The van der Waals surface area contributed by atoms with Crippen LogP contribution in [0.2, 0.25) is 0 Å².